The third-order valence-electron chi connectivity index (χ3n) is 3.16. The van der Waals surface area contributed by atoms with Crippen molar-refractivity contribution in [2.45, 2.75) is 23.8 Å². The van der Waals surface area contributed by atoms with Crippen LogP contribution in [0.25, 0.3) is 0 Å². The maximum absolute atomic E-state index is 12.3. The molecule has 0 radical (unpaired) electrons. The largest absolute Gasteiger partial charge is 0.379 e. The standard InChI is InChI=1S/C12H12BrCl2NO4S/c1-12(2-3-20-6-12)16-11(17)8-4-7(21(15,18)19)5-9(13)10(8)14/h4-5H,2-3,6H2,1H3,(H,16,17). The first-order valence-corrected chi connectivity index (χ1v) is 9.44. The van der Waals surface area contributed by atoms with E-state index in [1.807, 2.05) is 6.92 Å². The van der Waals surface area contributed by atoms with Crippen LogP contribution >= 0.6 is 38.2 Å². The van der Waals surface area contributed by atoms with Crippen LogP contribution in [-0.4, -0.2) is 33.1 Å². The number of carbonyl (C=O) groups excluding carboxylic acids is 1. The minimum absolute atomic E-state index is 0.0402. The van der Waals surface area contributed by atoms with Crippen LogP contribution in [0.3, 0.4) is 0 Å². The second-order valence-electron chi connectivity index (χ2n) is 5.02. The first-order chi connectivity index (χ1) is 9.62. The van der Waals surface area contributed by atoms with Crippen molar-refractivity contribution in [3.63, 3.8) is 0 Å². The molecule has 0 bridgehead atoms. The van der Waals surface area contributed by atoms with Gasteiger partial charge in [0.15, 0.2) is 0 Å². The Bertz CT molecular complexity index is 687. The molecule has 1 aliphatic heterocycles. The van der Waals surface area contributed by atoms with E-state index < -0.39 is 20.5 Å². The van der Waals surface area contributed by atoms with Gasteiger partial charge in [0.2, 0.25) is 0 Å². The molecule has 0 aliphatic carbocycles. The van der Waals surface area contributed by atoms with Crippen LogP contribution in [0.4, 0.5) is 0 Å². The molecule has 0 spiro atoms. The molecule has 1 aromatic rings. The van der Waals surface area contributed by atoms with Crippen molar-refractivity contribution in [1.29, 1.82) is 0 Å². The monoisotopic (exact) mass is 415 g/mol. The van der Waals surface area contributed by atoms with Crippen LogP contribution in [0.5, 0.6) is 0 Å². The number of ether oxygens (including phenoxy) is 1. The smallest absolute Gasteiger partial charge is 0.261 e. The van der Waals surface area contributed by atoms with Crippen molar-refractivity contribution in [3.05, 3.63) is 27.2 Å². The molecule has 9 heteroatoms. The van der Waals surface area contributed by atoms with Crippen molar-refractivity contribution < 1.29 is 17.9 Å². The van der Waals surface area contributed by atoms with Crippen LogP contribution in [0.1, 0.15) is 23.7 Å². The molecule has 1 N–H and O–H groups in total. The summed E-state index contributed by atoms with van der Waals surface area (Å²) < 4.78 is 28.4. The Kier molecular flexibility index (Phi) is 4.90. The molecule has 1 aromatic carbocycles. The second-order valence-corrected chi connectivity index (χ2v) is 8.82. The number of amides is 1. The molecule has 2 rings (SSSR count). The molecule has 21 heavy (non-hydrogen) atoms. The van der Waals surface area contributed by atoms with Gasteiger partial charge in [-0.15, -0.1) is 0 Å². The number of hydrogen-bond acceptors (Lipinski definition) is 4. The SMILES string of the molecule is CC1(NC(=O)c2cc(S(=O)(=O)Cl)cc(Br)c2Cl)CCOC1. The van der Waals surface area contributed by atoms with Crippen molar-refractivity contribution in [3.8, 4) is 0 Å². The highest BCUT2D eigenvalue weighted by molar-refractivity contribution is 9.10. The highest BCUT2D eigenvalue weighted by atomic mass is 79.9. The summed E-state index contributed by atoms with van der Waals surface area (Å²) in [5, 5.41) is 2.94. The molecule has 0 aromatic heterocycles. The molecule has 1 saturated heterocycles. The van der Waals surface area contributed by atoms with Crippen molar-refractivity contribution in [1.82, 2.24) is 5.32 Å². The number of carbonyl (C=O) groups is 1. The number of benzene rings is 1. The summed E-state index contributed by atoms with van der Waals surface area (Å²) in [4.78, 5) is 12.2. The average molecular weight is 417 g/mol. The van der Waals surface area contributed by atoms with E-state index >= 15 is 0 Å². The number of nitrogens with one attached hydrogen (secondary N) is 1. The molecule has 1 unspecified atom stereocenters. The van der Waals surface area contributed by atoms with Gasteiger partial charge in [0, 0.05) is 21.8 Å². The van der Waals surface area contributed by atoms with Gasteiger partial charge in [0.1, 0.15) is 0 Å². The fraction of sp³-hybridized carbons (Fsp3) is 0.417. The fourth-order valence-electron chi connectivity index (χ4n) is 1.98. The van der Waals surface area contributed by atoms with Gasteiger partial charge < -0.3 is 10.1 Å². The highest BCUT2D eigenvalue weighted by Crippen LogP contribution is 2.31. The van der Waals surface area contributed by atoms with Gasteiger partial charge in [-0.2, -0.15) is 0 Å². The molecule has 1 atom stereocenters. The average Bonchev–Trinajstić information content (AvgIpc) is 2.77. The van der Waals surface area contributed by atoms with Crippen LogP contribution in [-0.2, 0) is 13.8 Å². The predicted octanol–water partition coefficient (Wildman–Crippen LogP) is 2.94. The minimum atomic E-state index is -3.96. The second kappa shape index (κ2) is 6.04. The van der Waals surface area contributed by atoms with Gasteiger partial charge >= 0.3 is 0 Å². The zero-order chi connectivity index (χ0) is 15.8. The molecule has 5 nitrogen and oxygen atoms in total. The topological polar surface area (TPSA) is 72.5 Å². The summed E-state index contributed by atoms with van der Waals surface area (Å²) in [7, 11) is 1.35. The Morgan fingerprint density at radius 3 is 2.67 bits per heavy atom. The molecule has 116 valence electrons. The first kappa shape index (κ1) is 17.0. The summed E-state index contributed by atoms with van der Waals surface area (Å²) >= 11 is 9.19. The van der Waals surface area contributed by atoms with Gasteiger partial charge in [-0.1, -0.05) is 11.6 Å². The lowest BCUT2D eigenvalue weighted by molar-refractivity contribution is 0.0889. The van der Waals surface area contributed by atoms with Crippen molar-refractivity contribution in [2.24, 2.45) is 0 Å². The number of halogens is 3. The van der Waals surface area contributed by atoms with Crippen molar-refractivity contribution in [2.75, 3.05) is 13.2 Å². The van der Waals surface area contributed by atoms with E-state index in [2.05, 4.69) is 21.2 Å². The molecule has 1 aliphatic rings. The molecule has 0 saturated carbocycles. The van der Waals surface area contributed by atoms with Crippen LogP contribution in [0.2, 0.25) is 5.02 Å². The lowest BCUT2D eigenvalue weighted by Crippen LogP contribution is -2.46. The third-order valence-corrected chi connectivity index (χ3v) is 5.76. The van der Waals surface area contributed by atoms with Gasteiger partial charge in [-0.05, 0) is 41.4 Å². The summed E-state index contributed by atoms with van der Waals surface area (Å²) in [6.07, 6.45) is 0.672. The zero-order valence-corrected chi connectivity index (χ0v) is 14.9. The van der Waals surface area contributed by atoms with E-state index in [1.165, 1.54) is 6.07 Å². The zero-order valence-electron chi connectivity index (χ0n) is 11.0. The quantitative estimate of drug-likeness (QED) is 0.768. The molecule has 1 heterocycles. The normalized spacial score (nSPS) is 22.3. The predicted molar refractivity (Wildman–Crippen MR) is 83.5 cm³/mol. The molecular weight excluding hydrogens is 405 g/mol. The Hall–Kier alpha value is -0.340. The van der Waals surface area contributed by atoms with E-state index in [4.69, 9.17) is 27.0 Å². The fourth-order valence-corrected chi connectivity index (χ4v) is 3.57. The number of rotatable bonds is 3. The maximum Gasteiger partial charge on any atom is 0.261 e. The minimum Gasteiger partial charge on any atom is -0.379 e. The first-order valence-electron chi connectivity index (χ1n) is 5.96. The van der Waals surface area contributed by atoms with Crippen LogP contribution < -0.4 is 5.32 Å². The van der Waals surface area contributed by atoms with Crippen LogP contribution in [0.15, 0.2) is 21.5 Å². The Balaban J connectivity index is 2.38. The lowest BCUT2D eigenvalue weighted by atomic mass is 10.0. The van der Waals surface area contributed by atoms with Gasteiger partial charge in [0.25, 0.3) is 15.0 Å². The van der Waals surface area contributed by atoms with Gasteiger partial charge in [-0.3, -0.25) is 4.79 Å². The summed E-state index contributed by atoms with van der Waals surface area (Å²) in [6.45, 7) is 2.80. The summed E-state index contributed by atoms with van der Waals surface area (Å²) in [5.74, 6) is -0.476. The Morgan fingerprint density at radius 1 is 1.48 bits per heavy atom. The Labute approximate surface area is 140 Å². The van der Waals surface area contributed by atoms with Gasteiger partial charge in [0.05, 0.1) is 27.6 Å². The van der Waals surface area contributed by atoms with Gasteiger partial charge in [-0.25, -0.2) is 8.42 Å². The lowest BCUT2D eigenvalue weighted by Gasteiger charge is -2.24. The van der Waals surface area contributed by atoms with E-state index in [-0.39, 0.29) is 20.0 Å². The van der Waals surface area contributed by atoms with Crippen LogP contribution in [0, 0.1) is 0 Å². The van der Waals surface area contributed by atoms with E-state index in [1.54, 1.807) is 0 Å². The summed E-state index contributed by atoms with van der Waals surface area (Å²) in [6, 6.07) is 2.41. The highest BCUT2D eigenvalue weighted by Gasteiger charge is 2.32. The number of hydrogen-bond donors (Lipinski definition) is 1. The molecule has 1 amide bonds. The summed E-state index contributed by atoms with van der Waals surface area (Å²) in [5.41, 5.74) is -0.457. The van der Waals surface area contributed by atoms with E-state index in [9.17, 15) is 13.2 Å². The molecule has 1 fully saturated rings. The maximum atomic E-state index is 12.3. The van der Waals surface area contributed by atoms with E-state index in [0.29, 0.717) is 19.6 Å². The van der Waals surface area contributed by atoms with E-state index in [0.717, 1.165) is 6.07 Å². The molecular formula is C12H12BrCl2NO4S. The Morgan fingerprint density at radius 2 is 2.14 bits per heavy atom. The van der Waals surface area contributed by atoms with Crippen molar-refractivity contribution >= 4 is 53.2 Å². The third kappa shape index (κ3) is 3.90.